The average Bonchev–Trinajstić information content (AvgIpc) is 3.44. The minimum atomic E-state index is -5.20. The summed E-state index contributed by atoms with van der Waals surface area (Å²) < 4.78 is 140. The van der Waals surface area contributed by atoms with Crippen molar-refractivity contribution in [1.29, 1.82) is 5.41 Å². The van der Waals surface area contributed by atoms with Gasteiger partial charge >= 0.3 is 24.5 Å². The van der Waals surface area contributed by atoms with Gasteiger partial charge in [-0.25, -0.2) is 28.4 Å². The van der Waals surface area contributed by atoms with Crippen molar-refractivity contribution in [2.45, 2.75) is 121 Å². The molecule has 4 aliphatic heterocycles. The van der Waals surface area contributed by atoms with Crippen LogP contribution in [-0.2, 0) is 41.5 Å². The summed E-state index contributed by atoms with van der Waals surface area (Å²) in [6, 6.07) is 6.03. The van der Waals surface area contributed by atoms with E-state index in [1.807, 2.05) is 22.8 Å². The van der Waals surface area contributed by atoms with E-state index in [2.05, 4.69) is 52.2 Å². The molecule has 4 fully saturated rings. The van der Waals surface area contributed by atoms with Crippen LogP contribution in [0.15, 0.2) is 67.0 Å². The second-order valence-electron chi connectivity index (χ2n) is 22.0. The zero-order valence-electron chi connectivity index (χ0n) is 46.5. The van der Waals surface area contributed by atoms with Crippen LogP contribution in [-0.4, -0.2) is 171 Å². The Bertz CT molecular complexity index is 2850. The number of hydrogen-bond acceptors (Lipinski definition) is 15. The van der Waals surface area contributed by atoms with Gasteiger partial charge in [0.25, 0.3) is 5.91 Å². The number of halogens is 8. The predicted molar refractivity (Wildman–Crippen MR) is 285 cm³/mol. The number of anilines is 1. The number of aliphatic hydroxyl groups is 1. The molecular weight excluding hydrogens is 1110 g/mol. The maximum absolute atomic E-state index is 16.2. The van der Waals surface area contributed by atoms with Gasteiger partial charge in [0.2, 0.25) is 5.91 Å². The number of pyridine rings is 1. The van der Waals surface area contributed by atoms with Gasteiger partial charge in [-0.15, -0.1) is 0 Å². The minimum absolute atomic E-state index is 0.0630. The van der Waals surface area contributed by atoms with E-state index in [0.29, 0.717) is 87.2 Å². The number of rotatable bonds is 21. The maximum atomic E-state index is 16.2. The fourth-order valence-electron chi connectivity index (χ4n) is 10.1. The van der Waals surface area contributed by atoms with Gasteiger partial charge in [-0.1, -0.05) is 24.0 Å². The Labute approximate surface area is 474 Å². The van der Waals surface area contributed by atoms with E-state index in [1.165, 1.54) is 24.4 Å². The highest BCUT2D eigenvalue weighted by atomic mass is 19.4. The SMILES string of the molecule is COC(=O)NC(C(=O)N[C@@H](Cc1ccc(C#Cc2ccc(N3CC4CCC(C3)N4C3COC3)nc2)cc1)[C@@H](O)CN(Cc1c(F)cc(C(=N)/C=C\N[C@H]2CCOC2)cc1F)NC(=O)[C@@H](NC(=O)OC)C(C)(C)C(F)(F)F)C(C)(C)C(F)(F)F. The van der Waals surface area contributed by atoms with Crippen LogP contribution >= 0.6 is 0 Å². The molecule has 5 heterocycles. The van der Waals surface area contributed by atoms with Crippen LogP contribution in [0, 0.1) is 39.7 Å². The Hall–Kier alpha value is -7.12. The summed E-state index contributed by atoms with van der Waals surface area (Å²) in [5.74, 6) is 1.11. The molecule has 4 saturated heterocycles. The topological polar surface area (TPSA) is 232 Å². The summed E-state index contributed by atoms with van der Waals surface area (Å²) in [5.41, 5.74) is -4.09. The number of ether oxygens (including phenoxy) is 4. The Balaban J connectivity index is 1.17. The number of nitrogens with one attached hydrogen (secondary N) is 6. The number of fused-ring (bicyclic) bond motifs is 2. The lowest BCUT2D eigenvalue weighted by Gasteiger charge is -2.47. The van der Waals surface area contributed by atoms with Crippen molar-refractivity contribution in [3.8, 4) is 11.8 Å². The first-order chi connectivity index (χ1) is 39.1. The molecule has 7 atom stereocenters. The molecule has 3 unspecified atom stereocenters. The molecule has 1 aromatic heterocycles. The van der Waals surface area contributed by atoms with E-state index in [-0.39, 0.29) is 17.3 Å². The number of allylic oxidation sites excluding steroid dienone is 1. The fraction of sp³-hybridized carbons (Fsp3) is 0.536. The second kappa shape index (κ2) is 26.6. The molecule has 4 aliphatic rings. The van der Waals surface area contributed by atoms with Crippen molar-refractivity contribution < 1.29 is 78.4 Å². The molecule has 0 aliphatic carbocycles. The van der Waals surface area contributed by atoms with Crippen LogP contribution in [0.3, 0.4) is 0 Å². The number of piperazine rings is 1. The van der Waals surface area contributed by atoms with Gasteiger partial charge in [-0.05, 0) is 108 Å². The van der Waals surface area contributed by atoms with Gasteiger partial charge in [0.15, 0.2) is 0 Å². The zero-order chi connectivity index (χ0) is 60.6. The molecule has 0 spiro atoms. The summed E-state index contributed by atoms with van der Waals surface area (Å²) in [4.78, 5) is 62.6. The van der Waals surface area contributed by atoms with Gasteiger partial charge < -0.3 is 55.6 Å². The molecule has 83 heavy (non-hydrogen) atoms. The predicted octanol–water partition coefficient (Wildman–Crippen LogP) is 5.62. The number of carbonyl (C=O) groups excluding carboxylic acids is 4. The number of nitrogens with zero attached hydrogens (tertiary/aromatic N) is 4. The van der Waals surface area contributed by atoms with Crippen LogP contribution in [0.4, 0.5) is 50.5 Å². The molecule has 7 rings (SSSR count). The molecule has 0 saturated carbocycles. The quantitative estimate of drug-likeness (QED) is 0.0297. The van der Waals surface area contributed by atoms with Crippen LogP contribution in [0.1, 0.15) is 74.8 Å². The van der Waals surface area contributed by atoms with Crippen molar-refractivity contribution in [2.75, 3.05) is 65.2 Å². The van der Waals surface area contributed by atoms with Crippen molar-refractivity contribution in [3.05, 3.63) is 106 Å². The van der Waals surface area contributed by atoms with E-state index in [4.69, 9.17) is 14.9 Å². The van der Waals surface area contributed by atoms with Crippen LogP contribution in [0.2, 0.25) is 0 Å². The molecule has 27 heteroatoms. The Morgan fingerprint density at radius 2 is 1.36 bits per heavy atom. The fourth-order valence-corrected chi connectivity index (χ4v) is 10.1. The largest absolute Gasteiger partial charge is 0.453 e. The second-order valence-corrected chi connectivity index (χ2v) is 22.0. The molecular formula is C56H68F8N10O9. The smallest absolute Gasteiger partial charge is 0.407 e. The van der Waals surface area contributed by atoms with Gasteiger partial charge in [-0.3, -0.25) is 19.9 Å². The Kier molecular flexibility index (Phi) is 20.4. The monoisotopic (exact) mass is 1180 g/mol. The summed E-state index contributed by atoms with van der Waals surface area (Å²) >= 11 is 0. The first kappa shape index (κ1) is 63.5. The molecule has 7 N–H and O–H groups in total. The van der Waals surface area contributed by atoms with Gasteiger partial charge in [-0.2, -0.15) is 26.3 Å². The number of alkyl carbamates (subject to hydrolysis) is 2. The van der Waals surface area contributed by atoms with Crippen molar-refractivity contribution in [1.82, 2.24) is 41.6 Å². The van der Waals surface area contributed by atoms with Crippen LogP contribution in [0.25, 0.3) is 0 Å². The lowest BCUT2D eigenvalue weighted by molar-refractivity contribution is -0.221. The Morgan fingerprint density at radius 3 is 1.87 bits per heavy atom. The summed E-state index contributed by atoms with van der Waals surface area (Å²) in [6.45, 7) is 4.35. The van der Waals surface area contributed by atoms with E-state index in [9.17, 15) is 50.6 Å². The first-order valence-electron chi connectivity index (χ1n) is 26.7. The average molecular weight is 1180 g/mol. The lowest BCUT2D eigenvalue weighted by atomic mass is 9.82. The number of alkyl halides is 6. The molecule has 4 amide bonds. The summed E-state index contributed by atoms with van der Waals surface area (Å²) in [5, 5.41) is 30.2. The number of aromatic nitrogens is 1. The number of aliphatic hydroxyl groups excluding tert-OH is 1. The van der Waals surface area contributed by atoms with Gasteiger partial charge in [0.05, 0.1) is 74.8 Å². The molecule has 452 valence electrons. The lowest BCUT2D eigenvalue weighted by Crippen LogP contribution is -2.63. The van der Waals surface area contributed by atoms with Crippen molar-refractivity contribution in [3.63, 3.8) is 0 Å². The number of carbonyl (C=O) groups is 4. The van der Waals surface area contributed by atoms with Gasteiger partial charge in [0, 0.05) is 73.3 Å². The van der Waals surface area contributed by atoms with E-state index < -0.39 is 108 Å². The third-order valence-corrected chi connectivity index (χ3v) is 15.5. The summed E-state index contributed by atoms with van der Waals surface area (Å²) in [7, 11) is 1.65. The van der Waals surface area contributed by atoms with Crippen LogP contribution < -0.4 is 31.6 Å². The number of hydrogen-bond donors (Lipinski definition) is 7. The number of amides is 4. The van der Waals surface area contributed by atoms with Crippen molar-refractivity contribution in [2.24, 2.45) is 10.8 Å². The molecule has 0 radical (unpaired) electrons. The number of methoxy groups -OCH3 is 2. The molecule has 2 aromatic carbocycles. The minimum Gasteiger partial charge on any atom is -0.453 e. The molecule has 19 nitrogen and oxygen atoms in total. The summed E-state index contributed by atoms with van der Waals surface area (Å²) in [6.07, 6.45) is -8.63. The Morgan fingerprint density at radius 1 is 0.795 bits per heavy atom. The van der Waals surface area contributed by atoms with Crippen molar-refractivity contribution >= 4 is 35.5 Å². The number of benzene rings is 2. The third-order valence-electron chi connectivity index (χ3n) is 15.5. The standard InChI is InChI=1S/C56H68F8N10O9/c1-53(2,55(59,60)61)47(69-51(78)80-5)49(76)68-44(21-33-10-7-32(8-11-33)9-12-34-13-16-46(67-24-34)72-25-37-14-15-38(26-72)74(37)39-30-83-31-39)45(75)28-73(71-50(77)48(70-52(79)81-6)54(3,4)56(62,63)64)27-40-41(57)22-35(23-42(40)58)43(65)17-19-66-36-18-20-82-29-36/h7-8,10-11,13,16-17,19,22-24,36-39,44-45,47-48,65-66,75H,14-15,18,20-21,25-31H2,1-6H3,(H,68,76)(H,69,78)(H,70,79)(H,71,77)/b19-17-,65-43?/t36-,37?,38?,44-,45-,47?,48+/m0/s1. The van der Waals surface area contributed by atoms with Crippen LogP contribution in [0.5, 0.6) is 0 Å². The highest BCUT2D eigenvalue weighted by Gasteiger charge is 2.57. The zero-order valence-corrected chi connectivity index (χ0v) is 46.5. The van der Waals surface area contributed by atoms with E-state index in [1.54, 1.807) is 18.3 Å². The van der Waals surface area contributed by atoms with E-state index >= 15 is 8.78 Å². The van der Waals surface area contributed by atoms with Gasteiger partial charge in [0.1, 0.15) is 29.5 Å². The first-order valence-corrected chi connectivity index (χ1v) is 26.7. The normalized spacial score (nSPS) is 20.1. The third kappa shape index (κ3) is 15.6. The highest BCUT2D eigenvalue weighted by Crippen LogP contribution is 2.42. The highest BCUT2D eigenvalue weighted by molar-refractivity contribution is 6.06. The van der Waals surface area contributed by atoms with E-state index in [0.717, 1.165) is 71.3 Å². The molecule has 3 aromatic rings. The molecule has 2 bridgehead atoms. The number of hydrazine groups is 1. The maximum Gasteiger partial charge on any atom is 0.407 e.